The normalized spacial score (nSPS) is 14.5. The highest BCUT2D eigenvalue weighted by molar-refractivity contribution is 6.30. The number of carbonyl (C=O) groups excluding carboxylic acids is 1. The van der Waals surface area contributed by atoms with Gasteiger partial charge in [-0.3, -0.25) is 4.79 Å². The van der Waals surface area contributed by atoms with Gasteiger partial charge in [0.05, 0.1) is 17.1 Å². The van der Waals surface area contributed by atoms with E-state index < -0.39 is 5.60 Å². The van der Waals surface area contributed by atoms with E-state index in [2.05, 4.69) is 16.8 Å². The second kappa shape index (κ2) is 8.82. The van der Waals surface area contributed by atoms with Crippen LogP contribution in [0.25, 0.3) is 5.82 Å². The van der Waals surface area contributed by atoms with E-state index in [4.69, 9.17) is 21.4 Å². The average Bonchev–Trinajstić information content (AvgIpc) is 3.09. The number of ether oxygens (including phenoxy) is 1. The molecule has 0 aliphatic carbocycles. The third-order valence-electron chi connectivity index (χ3n) is 5.70. The molecule has 0 bridgehead atoms. The van der Waals surface area contributed by atoms with Crippen LogP contribution < -0.4 is 9.64 Å². The molecule has 4 rings (SSSR count). The van der Waals surface area contributed by atoms with Crippen LogP contribution in [-0.4, -0.2) is 57.4 Å². The van der Waals surface area contributed by atoms with Crippen LogP contribution >= 0.6 is 11.6 Å². The Morgan fingerprint density at radius 1 is 1.03 bits per heavy atom. The molecule has 1 saturated heterocycles. The molecule has 0 N–H and O–H groups in total. The lowest BCUT2D eigenvalue weighted by Gasteiger charge is -2.39. The van der Waals surface area contributed by atoms with Crippen LogP contribution in [0.4, 0.5) is 5.69 Å². The van der Waals surface area contributed by atoms with Gasteiger partial charge in [-0.1, -0.05) is 17.7 Å². The summed E-state index contributed by atoms with van der Waals surface area (Å²) in [6.07, 6.45) is 1.77. The van der Waals surface area contributed by atoms with Crippen molar-refractivity contribution in [2.24, 2.45) is 0 Å². The van der Waals surface area contributed by atoms with Crippen molar-refractivity contribution in [2.75, 3.05) is 31.1 Å². The van der Waals surface area contributed by atoms with E-state index in [1.54, 1.807) is 30.5 Å². The molecule has 0 unspecified atom stereocenters. The van der Waals surface area contributed by atoms with E-state index in [1.165, 1.54) is 0 Å². The number of aromatic nitrogens is 3. The Balaban J connectivity index is 1.43. The van der Waals surface area contributed by atoms with Gasteiger partial charge in [0.2, 0.25) is 0 Å². The molecule has 1 amide bonds. The van der Waals surface area contributed by atoms with Gasteiger partial charge in [0.1, 0.15) is 5.75 Å². The number of amides is 1. The van der Waals surface area contributed by atoms with Crippen LogP contribution in [0.5, 0.6) is 5.75 Å². The fraction of sp³-hybridized carbons (Fsp3) is 0.375. The number of benzene rings is 1. The lowest BCUT2D eigenvalue weighted by atomic mass is 10.1. The van der Waals surface area contributed by atoms with Crippen molar-refractivity contribution in [3.8, 4) is 11.6 Å². The molecule has 3 aromatic rings. The van der Waals surface area contributed by atoms with Gasteiger partial charge in [0, 0.05) is 37.4 Å². The number of hydrogen-bond acceptors (Lipinski definition) is 5. The van der Waals surface area contributed by atoms with Crippen molar-refractivity contribution in [2.45, 2.75) is 33.3 Å². The predicted molar refractivity (Wildman–Crippen MR) is 126 cm³/mol. The molecule has 1 fully saturated rings. The molecule has 0 radical (unpaired) electrons. The zero-order valence-corrected chi connectivity index (χ0v) is 19.6. The standard InChI is InChI=1S/C24H28ClN5O2/c1-17-22(18(2)30(27-17)21-7-5-6-12-26-21)28-13-15-29(16-14-28)23(31)24(3,4)32-20-10-8-19(25)9-11-20/h5-12H,13-16H2,1-4H3. The summed E-state index contributed by atoms with van der Waals surface area (Å²) < 4.78 is 7.87. The summed E-state index contributed by atoms with van der Waals surface area (Å²) in [4.78, 5) is 21.8. The number of aryl methyl sites for hydroxylation is 1. The van der Waals surface area contributed by atoms with Crippen molar-refractivity contribution in [1.82, 2.24) is 19.7 Å². The lowest BCUT2D eigenvalue weighted by molar-refractivity contribution is -0.145. The maximum absolute atomic E-state index is 13.2. The van der Waals surface area contributed by atoms with Crippen molar-refractivity contribution in [3.63, 3.8) is 0 Å². The number of carbonyl (C=O) groups is 1. The van der Waals surface area contributed by atoms with Crippen molar-refractivity contribution in [3.05, 3.63) is 65.1 Å². The lowest BCUT2D eigenvalue weighted by Crippen LogP contribution is -2.56. The molecule has 0 atom stereocenters. The largest absolute Gasteiger partial charge is 0.478 e. The number of nitrogens with zero attached hydrogens (tertiary/aromatic N) is 5. The summed E-state index contributed by atoms with van der Waals surface area (Å²) >= 11 is 5.95. The molecule has 2 aromatic heterocycles. The summed E-state index contributed by atoms with van der Waals surface area (Å²) in [5, 5.41) is 5.34. The molecule has 1 aliphatic heterocycles. The van der Waals surface area contributed by atoms with Crippen LogP contribution in [0.2, 0.25) is 5.02 Å². The van der Waals surface area contributed by atoms with E-state index in [0.29, 0.717) is 23.9 Å². The SMILES string of the molecule is Cc1nn(-c2ccccn2)c(C)c1N1CCN(C(=O)C(C)(C)Oc2ccc(Cl)cc2)CC1. The van der Waals surface area contributed by atoms with Gasteiger partial charge >= 0.3 is 0 Å². The van der Waals surface area contributed by atoms with Crippen molar-refractivity contribution >= 4 is 23.2 Å². The van der Waals surface area contributed by atoms with E-state index in [0.717, 1.165) is 36.0 Å². The van der Waals surface area contributed by atoms with Gasteiger partial charge < -0.3 is 14.5 Å². The van der Waals surface area contributed by atoms with Gasteiger partial charge in [0.15, 0.2) is 11.4 Å². The number of anilines is 1. The van der Waals surface area contributed by atoms with Crippen molar-refractivity contribution < 1.29 is 9.53 Å². The summed E-state index contributed by atoms with van der Waals surface area (Å²) in [7, 11) is 0. The first-order chi connectivity index (χ1) is 15.3. The number of hydrogen-bond donors (Lipinski definition) is 0. The molecule has 7 nitrogen and oxygen atoms in total. The molecule has 0 spiro atoms. The second-order valence-electron chi connectivity index (χ2n) is 8.46. The van der Waals surface area contributed by atoms with E-state index in [-0.39, 0.29) is 5.91 Å². The Morgan fingerprint density at radius 2 is 1.72 bits per heavy atom. The molecule has 8 heteroatoms. The monoisotopic (exact) mass is 453 g/mol. The van der Waals surface area contributed by atoms with Gasteiger partial charge in [-0.05, 0) is 64.1 Å². The second-order valence-corrected chi connectivity index (χ2v) is 8.90. The van der Waals surface area contributed by atoms with Gasteiger partial charge in [0.25, 0.3) is 5.91 Å². The maximum Gasteiger partial charge on any atom is 0.266 e. The van der Waals surface area contributed by atoms with Crippen LogP contribution in [0, 0.1) is 13.8 Å². The third kappa shape index (κ3) is 4.43. The first kappa shape index (κ1) is 22.1. The maximum atomic E-state index is 13.2. The Morgan fingerprint density at radius 3 is 2.34 bits per heavy atom. The van der Waals surface area contributed by atoms with E-state index >= 15 is 0 Å². The topological polar surface area (TPSA) is 63.5 Å². The van der Waals surface area contributed by atoms with E-state index in [9.17, 15) is 4.79 Å². The fourth-order valence-corrected chi connectivity index (χ4v) is 4.28. The molecule has 32 heavy (non-hydrogen) atoms. The van der Waals surface area contributed by atoms with Crippen molar-refractivity contribution in [1.29, 1.82) is 0 Å². The van der Waals surface area contributed by atoms with Crippen LogP contribution in [0.1, 0.15) is 25.2 Å². The minimum atomic E-state index is -0.967. The van der Waals surface area contributed by atoms with Crippen LogP contribution in [0.3, 0.4) is 0 Å². The number of piperazine rings is 1. The molecular weight excluding hydrogens is 426 g/mol. The molecule has 0 saturated carbocycles. The number of rotatable bonds is 5. The first-order valence-electron chi connectivity index (χ1n) is 10.7. The van der Waals surface area contributed by atoms with Gasteiger partial charge in [-0.2, -0.15) is 5.10 Å². The summed E-state index contributed by atoms with van der Waals surface area (Å²) in [5.41, 5.74) is 2.15. The molecule has 1 aromatic carbocycles. The minimum Gasteiger partial charge on any atom is -0.478 e. The van der Waals surface area contributed by atoms with Gasteiger partial charge in [-0.15, -0.1) is 0 Å². The smallest absolute Gasteiger partial charge is 0.266 e. The molecule has 1 aliphatic rings. The Labute approximate surface area is 193 Å². The molecular formula is C24H28ClN5O2. The third-order valence-corrected chi connectivity index (χ3v) is 5.96. The summed E-state index contributed by atoms with van der Waals surface area (Å²) in [6.45, 7) is 10.4. The zero-order valence-electron chi connectivity index (χ0n) is 18.9. The van der Waals surface area contributed by atoms with Crippen LogP contribution in [-0.2, 0) is 4.79 Å². The highest BCUT2D eigenvalue weighted by Gasteiger charge is 2.36. The predicted octanol–water partition coefficient (Wildman–Crippen LogP) is 4.04. The molecule has 168 valence electrons. The Hall–Kier alpha value is -3.06. The van der Waals surface area contributed by atoms with E-state index in [1.807, 2.05) is 48.6 Å². The highest BCUT2D eigenvalue weighted by Crippen LogP contribution is 2.28. The Kier molecular flexibility index (Phi) is 6.11. The van der Waals surface area contributed by atoms with Gasteiger partial charge in [-0.25, -0.2) is 9.67 Å². The average molecular weight is 454 g/mol. The number of pyridine rings is 1. The Bertz CT molecular complexity index is 1090. The zero-order chi connectivity index (χ0) is 22.9. The minimum absolute atomic E-state index is 0.0234. The number of halogens is 1. The molecule has 3 heterocycles. The quantitative estimate of drug-likeness (QED) is 0.583. The highest BCUT2D eigenvalue weighted by atomic mass is 35.5. The first-order valence-corrected chi connectivity index (χ1v) is 11.1. The summed E-state index contributed by atoms with van der Waals surface area (Å²) in [6, 6.07) is 12.9. The summed E-state index contributed by atoms with van der Waals surface area (Å²) in [5.74, 6) is 1.40. The van der Waals surface area contributed by atoms with Crippen LogP contribution in [0.15, 0.2) is 48.7 Å². The fourth-order valence-electron chi connectivity index (χ4n) is 4.15.